The lowest BCUT2D eigenvalue weighted by molar-refractivity contribution is 0.387. The predicted octanol–water partition coefficient (Wildman–Crippen LogP) is 3.84. The molecule has 0 bridgehead atoms. The van der Waals surface area contributed by atoms with Crippen molar-refractivity contribution in [2.24, 2.45) is 0 Å². The fraction of sp³-hybridized carbons (Fsp3) is 0.471. The first-order valence-corrected chi connectivity index (χ1v) is 8.61. The van der Waals surface area contributed by atoms with E-state index in [0.29, 0.717) is 17.9 Å². The SMILES string of the molecule is Brc1ccccc1C1CNCCC1c1cncn1C1CC1. The molecule has 1 saturated heterocycles. The number of benzene rings is 1. The van der Waals surface area contributed by atoms with Crippen LogP contribution in [-0.2, 0) is 0 Å². The second-order valence-electron chi connectivity index (χ2n) is 6.18. The van der Waals surface area contributed by atoms with Crippen molar-refractivity contribution < 1.29 is 0 Å². The Kier molecular flexibility index (Phi) is 3.59. The number of halogens is 1. The summed E-state index contributed by atoms with van der Waals surface area (Å²) >= 11 is 3.73. The minimum atomic E-state index is 0.517. The minimum Gasteiger partial charge on any atom is -0.331 e. The molecule has 1 aliphatic carbocycles. The van der Waals surface area contributed by atoms with Crippen LogP contribution in [0.1, 0.15) is 48.4 Å². The van der Waals surface area contributed by atoms with Gasteiger partial charge in [0.15, 0.2) is 0 Å². The normalized spacial score (nSPS) is 26.0. The molecule has 4 heteroatoms. The molecular formula is C17H20BrN3. The van der Waals surface area contributed by atoms with Crippen molar-refractivity contribution in [3.05, 3.63) is 52.5 Å². The van der Waals surface area contributed by atoms with Gasteiger partial charge in [-0.05, 0) is 37.4 Å². The van der Waals surface area contributed by atoms with Crippen LogP contribution in [0.3, 0.4) is 0 Å². The van der Waals surface area contributed by atoms with E-state index in [4.69, 9.17) is 0 Å². The highest BCUT2D eigenvalue weighted by atomic mass is 79.9. The second kappa shape index (κ2) is 5.58. The number of imidazole rings is 1. The van der Waals surface area contributed by atoms with Gasteiger partial charge in [-0.25, -0.2) is 4.98 Å². The first-order chi connectivity index (χ1) is 10.3. The van der Waals surface area contributed by atoms with E-state index in [9.17, 15) is 0 Å². The van der Waals surface area contributed by atoms with Crippen molar-refractivity contribution in [3.8, 4) is 0 Å². The Labute approximate surface area is 133 Å². The number of rotatable bonds is 3. The van der Waals surface area contributed by atoms with Gasteiger partial charge in [-0.3, -0.25) is 0 Å². The van der Waals surface area contributed by atoms with Gasteiger partial charge in [0.1, 0.15) is 0 Å². The summed E-state index contributed by atoms with van der Waals surface area (Å²) in [6, 6.07) is 9.35. The van der Waals surface area contributed by atoms with E-state index in [2.05, 4.69) is 61.3 Å². The summed E-state index contributed by atoms with van der Waals surface area (Å²) in [6.07, 6.45) is 7.94. The molecule has 3 nitrogen and oxygen atoms in total. The molecule has 1 aromatic carbocycles. The van der Waals surface area contributed by atoms with Gasteiger partial charge in [0.05, 0.1) is 6.33 Å². The molecule has 1 N–H and O–H groups in total. The maximum Gasteiger partial charge on any atom is 0.0950 e. The van der Waals surface area contributed by atoms with Crippen molar-refractivity contribution in [1.29, 1.82) is 0 Å². The summed E-state index contributed by atoms with van der Waals surface area (Å²) < 4.78 is 3.65. The van der Waals surface area contributed by atoms with Crippen LogP contribution in [0.2, 0.25) is 0 Å². The molecule has 110 valence electrons. The zero-order chi connectivity index (χ0) is 14.2. The fourth-order valence-corrected chi connectivity index (χ4v) is 4.15. The van der Waals surface area contributed by atoms with Crippen LogP contribution >= 0.6 is 15.9 Å². The zero-order valence-electron chi connectivity index (χ0n) is 12.0. The molecule has 2 heterocycles. The van der Waals surface area contributed by atoms with Crippen molar-refractivity contribution in [2.75, 3.05) is 13.1 Å². The van der Waals surface area contributed by atoms with Gasteiger partial charge in [-0.15, -0.1) is 0 Å². The molecule has 4 rings (SSSR count). The third-order valence-electron chi connectivity index (χ3n) is 4.80. The summed E-state index contributed by atoms with van der Waals surface area (Å²) in [6.45, 7) is 2.14. The number of piperidine rings is 1. The number of hydrogen-bond donors (Lipinski definition) is 1. The van der Waals surface area contributed by atoms with Crippen molar-refractivity contribution in [3.63, 3.8) is 0 Å². The average Bonchev–Trinajstić information content (AvgIpc) is 3.25. The lowest BCUT2D eigenvalue weighted by atomic mass is 9.79. The highest BCUT2D eigenvalue weighted by Crippen LogP contribution is 2.43. The fourth-order valence-electron chi connectivity index (χ4n) is 3.57. The van der Waals surface area contributed by atoms with E-state index in [1.165, 1.54) is 35.0 Å². The molecule has 2 unspecified atom stereocenters. The van der Waals surface area contributed by atoms with E-state index in [1.54, 1.807) is 0 Å². The third kappa shape index (κ3) is 2.55. The smallest absolute Gasteiger partial charge is 0.0950 e. The number of aromatic nitrogens is 2. The molecule has 0 amide bonds. The van der Waals surface area contributed by atoms with E-state index in [0.717, 1.165) is 13.1 Å². The average molecular weight is 346 g/mol. The van der Waals surface area contributed by atoms with Crippen LogP contribution in [0, 0.1) is 0 Å². The number of nitrogens with zero attached hydrogens (tertiary/aromatic N) is 2. The summed E-state index contributed by atoms with van der Waals surface area (Å²) in [4.78, 5) is 4.44. The Balaban J connectivity index is 1.71. The lowest BCUT2D eigenvalue weighted by Crippen LogP contribution is -2.35. The first kappa shape index (κ1) is 13.5. The van der Waals surface area contributed by atoms with E-state index in [-0.39, 0.29) is 0 Å². The predicted molar refractivity (Wildman–Crippen MR) is 87.6 cm³/mol. The highest BCUT2D eigenvalue weighted by molar-refractivity contribution is 9.10. The topological polar surface area (TPSA) is 29.9 Å². The van der Waals surface area contributed by atoms with Gasteiger partial charge < -0.3 is 9.88 Å². The van der Waals surface area contributed by atoms with Crippen LogP contribution in [0.25, 0.3) is 0 Å². The first-order valence-electron chi connectivity index (χ1n) is 7.81. The van der Waals surface area contributed by atoms with Crippen molar-refractivity contribution >= 4 is 15.9 Å². The highest BCUT2D eigenvalue weighted by Gasteiger charge is 2.34. The molecule has 2 atom stereocenters. The van der Waals surface area contributed by atoms with Gasteiger partial charge in [-0.1, -0.05) is 34.1 Å². The van der Waals surface area contributed by atoms with Crippen LogP contribution in [0.15, 0.2) is 41.3 Å². The molecule has 1 saturated carbocycles. The summed E-state index contributed by atoms with van der Waals surface area (Å²) in [5.74, 6) is 1.08. The van der Waals surface area contributed by atoms with Crippen LogP contribution in [0.4, 0.5) is 0 Å². The van der Waals surface area contributed by atoms with Crippen LogP contribution in [0.5, 0.6) is 0 Å². The molecular weight excluding hydrogens is 326 g/mol. The summed E-state index contributed by atoms with van der Waals surface area (Å²) in [5, 5.41) is 3.57. The van der Waals surface area contributed by atoms with E-state index in [1.807, 2.05) is 6.33 Å². The summed E-state index contributed by atoms with van der Waals surface area (Å²) in [5.41, 5.74) is 2.85. The monoisotopic (exact) mass is 345 g/mol. The number of hydrogen-bond acceptors (Lipinski definition) is 2. The maximum absolute atomic E-state index is 4.44. The Morgan fingerprint density at radius 1 is 1.14 bits per heavy atom. The molecule has 0 radical (unpaired) electrons. The van der Waals surface area contributed by atoms with Gasteiger partial charge in [0.2, 0.25) is 0 Å². The largest absolute Gasteiger partial charge is 0.331 e. The van der Waals surface area contributed by atoms with Crippen LogP contribution in [-0.4, -0.2) is 22.6 Å². The minimum absolute atomic E-state index is 0.517. The molecule has 2 fully saturated rings. The van der Waals surface area contributed by atoms with Crippen LogP contribution < -0.4 is 5.32 Å². The molecule has 1 aliphatic heterocycles. The number of nitrogens with one attached hydrogen (secondary N) is 1. The van der Waals surface area contributed by atoms with Crippen molar-refractivity contribution in [1.82, 2.24) is 14.9 Å². The Bertz CT molecular complexity index is 632. The van der Waals surface area contributed by atoms with Gasteiger partial charge in [-0.2, -0.15) is 0 Å². The standard InChI is InChI=1S/C17H20BrN3/c18-16-4-2-1-3-13(16)15-9-19-8-7-14(15)17-10-20-11-21(17)12-5-6-12/h1-4,10-12,14-15,19H,5-9H2. The van der Waals surface area contributed by atoms with Crippen molar-refractivity contribution in [2.45, 2.75) is 37.1 Å². The molecule has 21 heavy (non-hydrogen) atoms. The van der Waals surface area contributed by atoms with Gasteiger partial charge in [0, 0.05) is 40.8 Å². The third-order valence-corrected chi connectivity index (χ3v) is 5.53. The lowest BCUT2D eigenvalue weighted by Gasteiger charge is -2.33. The molecule has 2 aromatic rings. The molecule has 2 aliphatic rings. The molecule has 0 spiro atoms. The quantitative estimate of drug-likeness (QED) is 0.915. The van der Waals surface area contributed by atoms with Gasteiger partial charge >= 0.3 is 0 Å². The van der Waals surface area contributed by atoms with E-state index >= 15 is 0 Å². The maximum atomic E-state index is 4.44. The summed E-state index contributed by atoms with van der Waals surface area (Å²) in [7, 11) is 0. The van der Waals surface area contributed by atoms with E-state index < -0.39 is 0 Å². The Hall–Kier alpha value is -1.13. The zero-order valence-corrected chi connectivity index (χ0v) is 13.6. The Morgan fingerprint density at radius 3 is 2.81 bits per heavy atom. The molecule has 1 aromatic heterocycles. The van der Waals surface area contributed by atoms with Gasteiger partial charge in [0.25, 0.3) is 0 Å². The second-order valence-corrected chi connectivity index (χ2v) is 7.04. The Morgan fingerprint density at radius 2 is 2.00 bits per heavy atom.